The van der Waals surface area contributed by atoms with Gasteiger partial charge in [-0.3, -0.25) is 4.79 Å². The number of amides is 1. The molecule has 0 spiro atoms. The summed E-state index contributed by atoms with van der Waals surface area (Å²) in [6.45, 7) is 1.81. The fourth-order valence-corrected chi connectivity index (χ4v) is 2.72. The zero-order chi connectivity index (χ0) is 13.9. The van der Waals surface area contributed by atoms with Gasteiger partial charge in [0.1, 0.15) is 0 Å². The fraction of sp³-hybridized carbons (Fsp3) is 0.533. The predicted molar refractivity (Wildman–Crippen MR) is 74.3 cm³/mol. The van der Waals surface area contributed by atoms with E-state index in [2.05, 4.69) is 5.32 Å². The zero-order valence-electron chi connectivity index (χ0n) is 11.3. The van der Waals surface area contributed by atoms with Crippen LogP contribution in [-0.4, -0.2) is 23.7 Å². The lowest BCUT2D eigenvalue weighted by Crippen LogP contribution is -2.48. The summed E-state index contributed by atoms with van der Waals surface area (Å²) < 4.78 is 0. The van der Waals surface area contributed by atoms with Gasteiger partial charge >= 0.3 is 0 Å². The molecule has 0 heterocycles. The Morgan fingerprint density at radius 1 is 1.53 bits per heavy atom. The van der Waals surface area contributed by atoms with Crippen LogP contribution < -0.4 is 11.1 Å². The van der Waals surface area contributed by atoms with Crippen molar-refractivity contribution in [3.63, 3.8) is 0 Å². The Morgan fingerprint density at radius 3 is 2.74 bits per heavy atom. The molecule has 1 aliphatic rings. The highest BCUT2D eigenvalue weighted by Gasteiger charge is 2.43. The molecule has 0 saturated heterocycles. The molecule has 1 amide bonds. The standard InChI is InChI=1S/C15H22N2O2/c1-15(9-5-8-13(15)16)14(19)17-12(10-18)11-6-3-2-4-7-11/h2-4,6-7,12-13,18H,5,8-10,16H2,1H3,(H,17,19)/t12-,13?,15?/m0/s1. The number of carbonyl (C=O) groups is 1. The molecule has 1 aromatic rings. The van der Waals surface area contributed by atoms with E-state index in [9.17, 15) is 9.90 Å². The third-order valence-electron chi connectivity index (χ3n) is 4.24. The van der Waals surface area contributed by atoms with Crippen molar-refractivity contribution < 1.29 is 9.90 Å². The maximum atomic E-state index is 12.4. The van der Waals surface area contributed by atoms with Gasteiger partial charge in [-0.15, -0.1) is 0 Å². The minimum atomic E-state index is -0.512. The van der Waals surface area contributed by atoms with Crippen LogP contribution in [0.5, 0.6) is 0 Å². The van der Waals surface area contributed by atoms with Crippen LogP contribution >= 0.6 is 0 Å². The average Bonchev–Trinajstić information content (AvgIpc) is 2.78. The predicted octanol–water partition coefficient (Wildman–Crippen LogP) is 1.35. The Hall–Kier alpha value is -1.39. The third-order valence-corrected chi connectivity index (χ3v) is 4.24. The number of rotatable bonds is 4. The first-order chi connectivity index (χ1) is 9.08. The Balaban J connectivity index is 2.09. The minimum Gasteiger partial charge on any atom is -0.394 e. The second kappa shape index (κ2) is 5.72. The van der Waals surface area contributed by atoms with Crippen LogP contribution in [0.1, 0.15) is 37.8 Å². The molecule has 1 fully saturated rings. The minimum absolute atomic E-state index is 0.0552. The smallest absolute Gasteiger partial charge is 0.228 e. The summed E-state index contributed by atoms with van der Waals surface area (Å²) >= 11 is 0. The number of hydrogen-bond acceptors (Lipinski definition) is 3. The normalized spacial score (nSPS) is 28.1. The molecule has 1 saturated carbocycles. The van der Waals surface area contributed by atoms with E-state index in [1.54, 1.807) is 0 Å². The zero-order valence-corrected chi connectivity index (χ0v) is 11.3. The Kier molecular flexibility index (Phi) is 4.22. The van der Waals surface area contributed by atoms with Crippen molar-refractivity contribution in [2.45, 2.75) is 38.3 Å². The molecule has 0 radical (unpaired) electrons. The van der Waals surface area contributed by atoms with Crippen molar-refractivity contribution in [3.05, 3.63) is 35.9 Å². The van der Waals surface area contributed by atoms with E-state index in [4.69, 9.17) is 5.73 Å². The van der Waals surface area contributed by atoms with E-state index in [0.29, 0.717) is 0 Å². The van der Waals surface area contributed by atoms with Gasteiger partial charge in [0.05, 0.1) is 18.1 Å². The maximum absolute atomic E-state index is 12.4. The monoisotopic (exact) mass is 262 g/mol. The van der Waals surface area contributed by atoms with Crippen LogP contribution in [0.25, 0.3) is 0 Å². The first-order valence-electron chi connectivity index (χ1n) is 6.80. The Morgan fingerprint density at radius 2 is 2.21 bits per heavy atom. The summed E-state index contributed by atoms with van der Waals surface area (Å²) in [4.78, 5) is 12.4. The van der Waals surface area contributed by atoms with Crippen LogP contribution in [0.3, 0.4) is 0 Å². The van der Waals surface area contributed by atoms with Crippen molar-refractivity contribution in [2.75, 3.05) is 6.61 Å². The molecule has 104 valence electrons. The van der Waals surface area contributed by atoms with Crippen LogP contribution in [0.15, 0.2) is 30.3 Å². The SMILES string of the molecule is CC1(C(=O)N[C@@H](CO)c2ccccc2)CCCC1N. The first-order valence-corrected chi connectivity index (χ1v) is 6.80. The van der Waals surface area contributed by atoms with Gasteiger partial charge in [0.25, 0.3) is 0 Å². The molecule has 2 rings (SSSR count). The second-order valence-corrected chi connectivity index (χ2v) is 5.54. The number of aliphatic hydroxyl groups excluding tert-OH is 1. The summed E-state index contributed by atoms with van der Waals surface area (Å²) in [5, 5.41) is 12.4. The lowest BCUT2D eigenvalue weighted by molar-refractivity contribution is -0.131. The molecule has 0 aliphatic heterocycles. The highest BCUT2D eigenvalue weighted by Crippen LogP contribution is 2.37. The lowest BCUT2D eigenvalue weighted by Gasteiger charge is -2.30. The van der Waals surface area contributed by atoms with Crippen LogP contribution in [0.4, 0.5) is 0 Å². The van der Waals surface area contributed by atoms with Gasteiger partial charge in [-0.25, -0.2) is 0 Å². The molecule has 19 heavy (non-hydrogen) atoms. The molecule has 0 bridgehead atoms. The maximum Gasteiger partial charge on any atom is 0.228 e. The van der Waals surface area contributed by atoms with Gasteiger partial charge in [0.15, 0.2) is 0 Å². The lowest BCUT2D eigenvalue weighted by atomic mass is 9.84. The van der Waals surface area contributed by atoms with E-state index in [1.807, 2.05) is 37.3 Å². The summed E-state index contributed by atoms with van der Waals surface area (Å²) in [6.07, 6.45) is 2.69. The van der Waals surface area contributed by atoms with Crippen molar-refractivity contribution in [3.8, 4) is 0 Å². The molecule has 1 aliphatic carbocycles. The number of hydrogen-bond donors (Lipinski definition) is 3. The summed E-state index contributed by atoms with van der Waals surface area (Å²) in [5.74, 6) is -0.0552. The van der Waals surface area contributed by atoms with Gasteiger partial charge in [-0.2, -0.15) is 0 Å². The van der Waals surface area contributed by atoms with Gasteiger partial charge in [0, 0.05) is 6.04 Å². The number of nitrogens with one attached hydrogen (secondary N) is 1. The summed E-state index contributed by atoms with van der Waals surface area (Å²) in [5.41, 5.74) is 6.45. The number of benzene rings is 1. The van der Waals surface area contributed by atoms with E-state index in [0.717, 1.165) is 24.8 Å². The van der Waals surface area contributed by atoms with Gasteiger partial charge in [0.2, 0.25) is 5.91 Å². The van der Waals surface area contributed by atoms with E-state index >= 15 is 0 Å². The Bertz CT molecular complexity index is 435. The fourth-order valence-electron chi connectivity index (χ4n) is 2.72. The average molecular weight is 262 g/mol. The summed E-state index contributed by atoms with van der Waals surface area (Å²) in [7, 11) is 0. The molecule has 4 N–H and O–H groups in total. The van der Waals surface area contributed by atoms with E-state index in [1.165, 1.54) is 0 Å². The van der Waals surface area contributed by atoms with Crippen LogP contribution in [0, 0.1) is 5.41 Å². The Labute approximate surface area is 114 Å². The highest BCUT2D eigenvalue weighted by molar-refractivity contribution is 5.83. The van der Waals surface area contributed by atoms with E-state index in [-0.39, 0.29) is 24.6 Å². The van der Waals surface area contributed by atoms with E-state index < -0.39 is 5.41 Å². The number of aliphatic hydroxyl groups is 1. The van der Waals surface area contributed by atoms with Gasteiger partial charge in [-0.05, 0) is 25.3 Å². The quantitative estimate of drug-likeness (QED) is 0.766. The van der Waals surface area contributed by atoms with Crippen molar-refractivity contribution in [1.82, 2.24) is 5.32 Å². The number of carbonyl (C=O) groups excluding carboxylic acids is 1. The van der Waals surface area contributed by atoms with Crippen LogP contribution in [0.2, 0.25) is 0 Å². The van der Waals surface area contributed by atoms with Crippen molar-refractivity contribution >= 4 is 5.91 Å². The molecule has 4 nitrogen and oxygen atoms in total. The molecule has 1 aromatic carbocycles. The second-order valence-electron chi connectivity index (χ2n) is 5.54. The third kappa shape index (κ3) is 2.80. The molecule has 4 heteroatoms. The highest BCUT2D eigenvalue weighted by atomic mass is 16.3. The number of nitrogens with two attached hydrogens (primary N) is 1. The first kappa shape index (κ1) is 14.0. The molecule has 0 aromatic heterocycles. The largest absolute Gasteiger partial charge is 0.394 e. The van der Waals surface area contributed by atoms with Crippen molar-refractivity contribution in [1.29, 1.82) is 0 Å². The van der Waals surface area contributed by atoms with Gasteiger partial charge < -0.3 is 16.2 Å². The molecule has 2 unspecified atom stereocenters. The van der Waals surface area contributed by atoms with Crippen LogP contribution in [-0.2, 0) is 4.79 Å². The van der Waals surface area contributed by atoms with Crippen molar-refractivity contribution in [2.24, 2.45) is 11.1 Å². The molecule has 3 atom stereocenters. The molecular formula is C15H22N2O2. The topological polar surface area (TPSA) is 75.3 Å². The summed E-state index contributed by atoms with van der Waals surface area (Å²) in [6, 6.07) is 9.05. The molecular weight excluding hydrogens is 240 g/mol. The van der Waals surface area contributed by atoms with Gasteiger partial charge in [-0.1, -0.05) is 36.8 Å².